The first kappa shape index (κ1) is 13.1. The quantitative estimate of drug-likeness (QED) is 0.879. The largest absolute Gasteiger partial charge is 0.382 e. The monoisotopic (exact) mass is 293 g/mol. The molecule has 4 nitrogen and oxygen atoms in total. The Morgan fingerprint density at radius 1 is 1.20 bits per heavy atom. The summed E-state index contributed by atoms with van der Waals surface area (Å²) in [4.78, 5) is 0. The van der Waals surface area contributed by atoms with Gasteiger partial charge in [-0.3, -0.25) is 0 Å². The van der Waals surface area contributed by atoms with Crippen LogP contribution in [0.15, 0.2) is 36.4 Å². The van der Waals surface area contributed by atoms with E-state index in [1.807, 2.05) is 19.1 Å². The zero-order valence-electron chi connectivity index (χ0n) is 10.7. The number of fused-ring (bicyclic) bond motifs is 1. The molecule has 2 aromatic carbocycles. The van der Waals surface area contributed by atoms with Gasteiger partial charge in [0.1, 0.15) is 5.82 Å². The Morgan fingerprint density at radius 2 is 1.90 bits per heavy atom. The van der Waals surface area contributed by atoms with Crippen molar-refractivity contribution >= 4 is 10.3 Å². The molecule has 3 rings (SSSR count). The molecule has 0 aliphatic carbocycles. The zero-order chi connectivity index (χ0) is 14.3. The fourth-order valence-electron chi connectivity index (χ4n) is 2.23. The molecule has 0 atom stereocenters. The van der Waals surface area contributed by atoms with E-state index < -0.39 is 10.3 Å². The van der Waals surface area contributed by atoms with Gasteiger partial charge in [0.05, 0.1) is 0 Å². The van der Waals surface area contributed by atoms with Crippen molar-refractivity contribution in [1.82, 2.24) is 4.72 Å². The molecule has 0 saturated heterocycles. The average molecular weight is 293 g/mol. The highest BCUT2D eigenvalue weighted by Crippen LogP contribution is 2.37. The Kier molecular flexibility index (Phi) is 2.99. The molecule has 0 spiro atoms. The smallest absolute Gasteiger partial charge is 0.370 e. The highest BCUT2D eigenvalue weighted by Gasteiger charge is 2.25. The van der Waals surface area contributed by atoms with E-state index in [4.69, 9.17) is 4.18 Å². The molecule has 1 heterocycles. The summed E-state index contributed by atoms with van der Waals surface area (Å²) in [5, 5.41) is 0. The fraction of sp³-hybridized carbons (Fsp3) is 0.143. The molecule has 0 aromatic heterocycles. The van der Waals surface area contributed by atoms with Crippen LogP contribution in [-0.4, -0.2) is 8.42 Å². The molecule has 1 aliphatic rings. The van der Waals surface area contributed by atoms with Gasteiger partial charge in [-0.25, -0.2) is 4.39 Å². The molecule has 0 amide bonds. The van der Waals surface area contributed by atoms with Crippen LogP contribution in [0.25, 0.3) is 11.1 Å². The van der Waals surface area contributed by atoms with Gasteiger partial charge >= 0.3 is 10.3 Å². The van der Waals surface area contributed by atoms with Gasteiger partial charge in [0.2, 0.25) is 0 Å². The van der Waals surface area contributed by atoms with Crippen molar-refractivity contribution in [2.45, 2.75) is 13.5 Å². The predicted molar refractivity (Wildman–Crippen MR) is 73.0 cm³/mol. The van der Waals surface area contributed by atoms with E-state index >= 15 is 0 Å². The lowest BCUT2D eigenvalue weighted by Gasteiger charge is -2.21. The van der Waals surface area contributed by atoms with E-state index in [2.05, 4.69) is 4.72 Å². The standard InChI is InChI=1S/C14H12FNO3S/c1-9-6-11-8-16-20(17,18)19-14(11)13(7-9)10-2-4-12(15)5-3-10/h2-7,16H,8H2,1H3. The van der Waals surface area contributed by atoms with Crippen molar-refractivity contribution < 1.29 is 17.0 Å². The van der Waals surface area contributed by atoms with E-state index in [1.54, 1.807) is 12.1 Å². The Bertz CT molecular complexity index is 770. The zero-order valence-corrected chi connectivity index (χ0v) is 11.5. The van der Waals surface area contributed by atoms with E-state index in [-0.39, 0.29) is 12.4 Å². The number of halogens is 1. The van der Waals surface area contributed by atoms with Crippen molar-refractivity contribution in [2.24, 2.45) is 0 Å². The van der Waals surface area contributed by atoms with Crippen molar-refractivity contribution in [2.75, 3.05) is 0 Å². The number of nitrogens with one attached hydrogen (secondary N) is 1. The van der Waals surface area contributed by atoms with Crippen LogP contribution in [0.3, 0.4) is 0 Å². The van der Waals surface area contributed by atoms with Crippen LogP contribution in [-0.2, 0) is 16.8 Å². The van der Waals surface area contributed by atoms with Gasteiger partial charge < -0.3 is 4.18 Å². The SMILES string of the molecule is Cc1cc2c(c(-c3ccc(F)cc3)c1)OS(=O)(=O)NC2. The lowest BCUT2D eigenvalue weighted by molar-refractivity contribution is 0.454. The second-order valence-corrected chi connectivity index (χ2v) is 6.03. The van der Waals surface area contributed by atoms with Crippen LogP contribution >= 0.6 is 0 Å². The minimum atomic E-state index is -3.77. The molecule has 0 unspecified atom stereocenters. The van der Waals surface area contributed by atoms with Crippen LogP contribution in [0, 0.1) is 12.7 Å². The maximum Gasteiger partial charge on any atom is 0.382 e. The maximum atomic E-state index is 13.0. The van der Waals surface area contributed by atoms with Crippen LogP contribution in [0.5, 0.6) is 5.75 Å². The highest BCUT2D eigenvalue weighted by molar-refractivity contribution is 7.85. The maximum absolute atomic E-state index is 13.0. The third-order valence-electron chi connectivity index (χ3n) is 3.10. The van der Waals surface area contributed by atoms with Crippen molar-refractivity contribution in [3.63, 3.8) is 0 Å². The van der Waals surface area contributed by atoms with Crippen LogP contribution in [0.1, 0.15) is 11.1 Å². The van der Waals surface area contributed by atoms with Crippen molar-refractivity contribution in [3.8, 4) is 16.9 Å². The predicted octanol–water partition coefficient (Wildman–Crippen LogP) is 2.53. The molecule has 1 N–H and O–H groups in total. The van der Waals surface area contributed by atoms with E-state index in [1.165, 1.54) is 12.1 Å². The Morgan fingerprint density at radius 3 is 2.60 bits per heavy atom. The van der Waals surface area contributed by atoms with Gasteiger partial charge in [0.25, 0.3) is 0 Å². The van der Waals surface area contributed by atoms with Gasteiger partial charge in [-0.1, -0.05) is 18.2 Å². The second-order valence-electron chi connectivity index (χ2n) is 4.67. The summed E-state index contributed by atoms with van der Waals surface area (Å²) in [7, 11) is -3.77. The van der Waals surface area contributed by atoms with E-state index in [0.29, 0.717) is 16.9 Å². The lowest BCUT2D eigenvalue weighted by atomic mass is 9.98. The topological polar surface area (TPSA) is 55.4 Å². The molecule has 0 saturated carbocycles. The average Bonchev–Trinajstić information content (AvgIpc) is 2.39. The lowest BCUT2D eigenvalue weighted by Crippen LogP contribution is -2.32. The van der Waals surface area contributed by atoms with Crippen molar-refractivity contribution in [1.29, 1.82) is 0 Å². The molecule has 0 fully saturated rings. The number of rotatable bonds is 1. The molecular formula is C14H12FNO3S. The summed E-state index contributed by atoms with van der Waals surface area (Å²) in [6.45, 7) is 2.10. The first-order valence-electron chi connectivity index (χ1n) is 6.03. The molecule has 0 bridgehead atoms. The third-order valence-corrected chi connectivity index (χ3v) is 3.98. The molecule has 0 radical (unpaired) electrons. The summed E-state index contributed by atoms with van der Waals surface area (Å²) in [6.07, 6.45) is 0. The first-order valence-corrected chi connectivity index (χ1v) is 7.44. The number of hydrogen-bond acceptors (Lipinski definition) is 3. The molecule has 2 aromatic rings. The summed E-state index contributed by atoms with van der Waals surface area (Å²) >= 11 is 0. The van der Waals surface area contributed by atoms with E-state index in [0.717, 1.165) is 11.1 Å². The second kappa shape index (κ2) is 4.57. The van der Waals surface area contributed by atoms with Gasteiger partial charge in [-0.15, -0.1) is 0 Å². The molecule has 20 heavy (non-hydrogen) atoms. The Balaban J connectivity index is 2.20. The molecule has 104 valence electrons. The number of benzene rings is 2. The van der Waals surface area contributed by atoms with Crippen LogP contribution in [0.2, 0.25) is 0 Å². The third kappa shape index (κ3) is 2.39. The minimum Gasteiger partial charge on any atom is -0.370 e. The Hall–Kier alpha value is -1.92. The van der Waals surface area contributed by atoms with Gasteiger partial charge in [0, 0.05) is 17.7 Å². The normalized spacial score (nSPS) is 16.3. The van der Waals surface area contributed by atoms with Crippen LogP contribution in [0.4, 0.5) is 4.39 Å². The Labute approximate surface area is 116 Å². The summed E-state index contributed by atoms with van der Waals surface area (Å²) < 4.78 is 43.5. The van der Waals surface area contributed by atoms with Gasteiger partial charge in [0.15, 0.2) is 5.75 Å². The van der Waals surface area contributed by atoms with Crippen LogP contribution < -0.4 is 8.91 Å². The van der Waals surface area contributed by atoms with Gasteiger partial charge in [-0.2, -0.15) is 13.1 Å². The van der Waals surface area contributed by atoms with Crippen molar-refractivity contribution in [3.05, 3.63) is 53.3 Å². The molecule has 6 heteroatoms. The summed E-state index contributed by atoms with van der Waals surface area (Å²) in [6, 6.07) is 9.56. The highest BCUT2D eigenvalue weighted by atomic mass is 32.2. The molecular weight excluding hydrogens is 281 g/mol. The number of hydrogen-bond donors (Lipinski definition) is 1. The fourth-order valence-corrected chi connectivity index (χ4v) is 3.03. The minimum absolute atomic E-state index is 0.188. The van der Waals surface area contributed by atoms with E-state index in [9.17, 15) is 12.8 Å². The van der Waals surface area contributed by atoms with Gasteiger partial charge in [-0.05, 0) is 36.2 Å². The molecule has 1 aliphatic heterocycles. The number of aryl methyl sites for hydroxylation is 1. The summed E-state index contributed by atoms with van der Waals surface area (Å²) in [5.74, 6) is -0.0357. The first-order chi connectivity index (χ1) is 9.44. The summed E-state index contributed by atoms with van der Waals surface area (Å²) in [5.41, 5.74) is 3.10.